The molecule has 0 aliphatic carbocycles. The van der Waals surface area contributed by atoms with Crippen molar-refractivity contribution in [3.05, 3.63) is 45.9 Å². The summed E-state index contributed by atoms with van der Waals surface area (Å²) >= 11 is 6.14. The zero-order valence-electron chi connectivity index (χ0n) is 13.9. The number of hydrogen-bond acceptors (Lipinski definition) is 3. The molecule has 130 valence electrons. The van der Waals surface area contributed by atoms with Crippen LogP contribution in [-0.4, -0.2) is 30.6 Å². The molecule has 2 rings (SSSR count). The number of halogens is 2. The maximum absolute atomic E-state index is 14.4. The van der Waals surface area contributed by atoms with Gasteiger partial charge >= 0.3 is 12.0 Å². The van der Waals surface area contributed by atoms with Gasteiger partial charge in [0.25, 0.3) is 0 Å². The van der Waals surface area contributed by atoms with E-state index >= 15 is 0 Å². The Hall–Kier alpha value is -2.08. The summed E-state index contributed by atoms with van der Waals surface area (Å²) in [7, 11) is 1.57. The summed E-state index contributed by atoms with van der Waals surface area (Å²) in [5.74, 6) is -1.17. The Balaban J connectivity index is 2.67. The lowest BCUT2D eigenvalue weighted by atomic mass is 9.92. The summed E-state index contributed by atoms with van der Waals surface area (Å²) in [6, 6.07) is 2.83. The molecule has 0 spiro atoms. The molecule has 1 heterocycles. The van der Waals surface area contributed by atoms with Crippen LogP contribution in [0.5, 0.6) is 0 Å². The van der Waals surface area contributed by atoms with E-state index in [9.17, 15) is 14.0 Å². The quantitative estimate of drug-likeness (QED) is 0.818. The maximum atomic E-state index is 14.4. The Kier molecular flexibility index (Phi) is 5.83. The molecule has 1 aromatic rings. The molecule has 5 nitrogen and oxygen atoms in total. The standard InChI is InChI=1S/C17H20ClFN2O3/c1-4-7-12-14(16(22)24-5-2)15(20-17(23)21(12)3)13-10(18)8-6-9-11(13)19/h6,8-9,15H,4-5,7H2,1-3H3,(H,20,23)/t15-/m0/s1. The molecule has 1 N–H and O–H groups in total. The third-order valence-electron chi connectivity index (χ3n) is 3.85. The first-order valence-corrected chi connectivity index (χ1v) is 8.18. The second-order valence-electron chi connectivity index (χ2n) is 5.41. The second-order valence-corrected chi connectivity index (χ2v) is 5.81. The molecule has 0 bridgehead atoms. The van der Waals surface area contributed by atoms with E-state index in [1.807, 2.05) is 6.92 Å². The van der Waals surface area contributed by atoms with Crippen LogP contribution in [0.3, 0.4) is 0 Å². The number of esters is 1. The Morgan fingerprint density at radius 3 is 2.71 bits per heavy atom. The molecule has 0 saturated carbocycles. The average molecular weight is 355 g/mol. The van der Waals surface area contributed by atoms with Crippen molar-refractivity contribution in [3.8, 4) is 0 Å². The molecule has 1 atom stereocenters. The van der Waals surface area contributed by atoms with Crippen LogP contribution >= 0.6 is 11.6 Å². The molecule has 0 aromatic heterocycles. The van der Waals surface area contributed by atoms with Crippen molar-refractivity contribution in [2.24, 2.45) is 0 Å². The molecule has 7 heteroatoms. The van der Waals surface area contributed by atoms with Crippen LogP contribution in [0.2, 0.25) is 5.02 Å². The molecular formula is C17H20ClFN2O3. The zero-order chi connectivity index (χ0) is 17.9. The summed E-state index contributed by atoms with van der Waals surface area (Å²) in [6.07, 6.45) is 1.20. The van der Waals surface area contributed by atoms with E-state index < -0.39 is 23.9 Å². The minimum atomic E-state index is -0.983. The number of ether oxygens (including phenoxy) is 1. The van der Waals surface area contributed by atoms with Gasteiger partial charge in [0.1, 0.15) is 5.82 Å². The highest BCUT2D eigenvalue weighted by Gasteiger charge is 2.38. The first kappa shape index (κ1) is 18.3. The molecule has 24 heavy (non-hydrogen) atoms. The topological polar surface area (TPSA) is 58.6 Å². The van der Waals surface area contributed by atoms with E-state index in [-0.39, 0.29) is 22.8 Å². The normalized spacial score (nSPS) is 17.8. The number of urea groups is 1. The minimum Gasteiger partial charge on any atom is -0.463 e. The summed E-state index contributed by atoms with van der Waals surface area (Å²) < 4.78 is 19.5. The molecule has 0 saturated heterocycles. The van der Waals surface area contributed by atoms with Crippen LogP contribution in [0.1, 0.15) is 38.3 Å². The van der Waals surface area contributed by atoms with Crippen LogP contribution in [0, 0.1) is 5.82 Å². The van der Waals surface area contributed by atoms with Gasteiger partial charge in [-0.3, -0.25) is 0 Å². The van der Waals surface area contributed by atoms with Crippen LogP contribution < -0.4 is 5.32 Å². The number of allylic oxidation sites excluding steroid dienone is 1. The minimum absolute atomic E-state index is 0.0669. The Morgan fingerprint density at radius 2 is 2.12 bits per heavy atom. The lowest BCUT2D eigenvalue weighted by molar-refractivity contribution is -0.139. The predicted molar refractivity (Wildman–Crippen MR) is 89.0 cm³/mol. The predicted octanol–water partition coefficient (Wildman–Crippen LogP) is 3.79. The number of nitrogens with zero attached hydrogens (tertiary/aromatic N) is 1. The average Bonchev–Trinajstić information content (AvgIpc) is 2.52. The van der Waals surface area contributed by atoms with Crippen LogP contribution in [0.15, 0.2) is 29.5 Å². The number of rotatable bonds is 5. The molecule has 2 amide bonds. The van der Waals surface area contributed by atoms with E-state index in [4.69, 9.17) is 16.3 Å². The van der Waals surface area contributed by atoms with Crippen molar-refractivity contribution in [1.82, 2.24) is 10.2 Å². The number of carbonyl (C=O) groups is 2. The molecule has 1 aromatic carbocycles. The Morgan fingerprint density at radius 1 is 1.42 bits per heavy atom. The van der Waals surface area contributed by atoms with Crippen molar-refractivity contribution in [2.45, 2.75) is 32.7 Å². The summed E-state index contributed by atoms with van der Waals surface area (Å²) in [5.41, 5.74) is 0.800. The highest BCUT2D eigenvalue weighted by molar-refractivity contribution is 6.31. The van der Waals surface area contributed by atoms with E-state index in [0.29, 0.717) is 18.5 Å². The van der Waals surface area contributed by atoms with Gasteiger partial charge in [-0.2, -0.15) is 0 Å². The van der Waals surface area contributed by atoms with E-state index in [1.54, 1.807) is 14.0 Å². The zero-order valence-corrected chi connectivity index (χ0v) is 14.6. The van der Waals surface area contributed by atoms with Crippen molar-refractivity contribution in [1.29, 1.82) is 0 Å². The molecular weight excluding hydrogens is 335 g/mol. The summed E-state index contributed by atoms with van der Waals surface area (Å²) in [5, 5.41) is 2.79. The molecule has 0 radical (unpaired) electrons. The van der Waals surface area contributed by atoms with Crippen molar-refractivity contribution in [3.63, 3.8) is 0 Å². The highest BCUT2D eigenvalue weighted by Crippen LogP contribution is 2.37. The van der Waals surface area contributed by atoms with E-state index in [0.717, 1.165) is 0 Å². The number of nitrogens with one attached hydrogen (secondary N) is 1. The molecule has 1 aliphatic rings. The van der Waals surface area contributed by atoms with Gasteiger partial charge in [-0.25, -0.2) is 14.0 Å². The van der Waals surface area contributed by atoms with E-state index in [1.165, 1.54) is 23.1 Å². The van der Waals surface area contributed by atoms with Gasteiger partial charge in [0.15, 0.2) is 0 Å². The van der Waals surface area contributed by atoms with Gasteiger partial charge in [0, 0.05) is 23.3 Å². The van der Waals surface area contributed by atoms with Gasteiger partial charge < -0.3 is 15.0 Å². The van der Waals surface area contributed by atoms with Gasteiger partial charge in [-0.1, -0.05) is 31.0 Å². The maximum Gasteiger partial charge on any atom is 0.338 e. The third-order valence-corrected chi connectivity index (χ3v) is 4.18. The van der Waals surface area contributed by atoms with Crippen LogP contribution in [0.4, 0.5) is 9.18 Å². The Bertz CT molecular complexity index is 670. The number of amides is 2. The number of hydrogen-bond donors (Lipinski definition) is 1. The van der Waals surface area contributed by atoms with Crippen LogP contribution in [-0.2, 0) is 9.53 Å². The monoisotopic (exact) mass is 354 g/mol. The van der Waals surface area contributed by atoms with Crippen molar-refractivity contribution < 1.29 is 18.7 Å². The van der Waals surface area contributed by atoms with Gasteiger partial charge in [0.2, 0.25) is 0 Å². The lowest BCUT2D eigenvalue weighted by Crippen LogP contribution is -2.47. The van der Waals surface area contributed by atoms with Crippen LogP contribution in [0.25, 0.3) is 0 Å². The SMILES string of the molecule is CCCC1=C(C(=O)OCC)[C@H](c2c(F)cccc2Cl)NC(=O)N1C. The highest BCUT2D eigenvalue weighted by atomic mass is 35.5. The molecule has 0 unspecified atom stereocenters. The first-order chi connectivity index (χ1) is 11.4. The summed E-state index contributed by atoms with van der Waals surface area (Å²) in [4.78, 5) is 26.2. The van der Waals surface area contributed by atoms with E-state index in [2.05, 4.69) is 5.32 Å². The smallest absolute Gasteiger partial charge is 0.338 e. The second kappa shape index (κ2) is 7.66. The fourth-order valence-electron chi connectivity index (χ4n) is 2.75. The first-order valence-electron chi connectivity index (χ1n) is 7.80. The van der Waals surface area contributed by atoms with Gasteiger partial charge in [0.05, 0.1) is 18.2 Å². The fourth-order valence-corrected chi connectivity index (χ4v) is 3.02. The van der Waals surface area contributed by atoms with Gasteiger partial charge in [-0.05, 0) is 25.5 Å². The van der Waals surface area contributed by atoms with Crippen molar-refractivity contribution in [2.75, 3.05) is 13.7 Å². The number of benzene rings is 1. The fraction of sp³-hybridized carbons (Fsp3) is 0.412. The van der Waals surface area contributed by atoms with Crippen molar-refractivity contribution >= 4 is 23.6 Å². The summed E-state index contributed by atoms with van der Waals surface area (Å²) in [6.45, 7) is 3.80. The third kappa shape index (κ3) is 3.38. The molecule has 0 fully saturated rings. The largest absolute Gasteiger partial charge is 0.463 e. The van der Waals surface area contributed by atoms with Gasteiger partial charge in [-0.15, -0.1) is 0 Å². The lowest BCUT2D eigenvalue weighted by Gasteiger charge is -2.35. The number of carbonyl (C=O) groups excluding carboxylic acids is 2. The molecule has 1 aliphatic heterocycles. The Labute approximate surface area is 145 Å².